The highest BCUT2D eigenvalue weighted by molar-refractivity contribution is 6.30. The molecular weight excluding hydrogens is 348 g/mol. The molecule has 4 heteroatoms. The van der Waals surface area contributed by atoms with Crippen LogP contribution in [0.1, 0.15) is 37.3 Å². The number of ether oxygens (including phenoxy) is 1. The topological polar surface area (TPSA) is 46.5 Å². The Morgan fingerprint density at radius 2 is 1.88 bits per heavy atom. The number of carbonyl (C=O) groups excluding carboxylic acids is 1. The Kier molecular flexibility index (Phi) is 4.17. The molecule has 0 saturated carbocycles. The predicted octanol–water partition coefficient (Wildman–Crippen LogP) is 5.50. The van der Waals surface area contributed by atoms with E-state index in [2.05, 4.69) is 0 Å². The second-order valence-electron chi connectivity index (χ2n) is 7.12. The fourth-order valence-electron chi connectivity index (χ4n) is 4.02. The number of aryl methyl sites for hydroxylation is 1. The Bertz CT molecular complexity index is 913. The van der Waals surface area contributed by atoms with Crippen LogP contribution >= 0.6 is 11.6 Å². The van der Waals surface area contributed by atoms with Gasteiger partial charge in [-0.1, -0.05) is 42.8 Å². The minimum atomic E-state index is -0.712. The van der Waals surface area contributed by atoms with E-state index in [0.717, 1.165) is 22.3 Å². The van der Waals surface area contributed by atoms with Gasteiger partial charge in [-0.2, -0.15) is 0 Å². The molecule has 2 aromatic rings. The molecule has 3 nitrogen and oxygen atoms in total. The molecule has 1 fully saturated rings. The summed E-state index contributed by atoms with van der Waals surface area (Å²) in [5.74, 6) is -0.0180. The standard InChI is InChI=1S/C22H21ClO3/c1-3-22-11-10-18(26-22)20(24)19(21(22)25)17-12-15(5-4-13(17)2)14-6-8-16(23)9-7-14/h4-9,12,18,25H,3,10-11H2,1-2H3/t18-,22+/m0/s1. The van der Waals surface area contributed by atoms with E-state index in [1.165, 1.54) is 0 Å². The van der Waals surface area contributed by atoms with Gasteiger partial charge in [-0.25, -0.2) is 0 Å². The summed E-state index contributed by atoms with van der Waals surface area (Å²) in [6, 6.07) is 13.6. The van der Waals surface area contributed by atoms with Gasteiger partial charge in [0, 0.05) is 5.02 Å². The Morgan fingerprint density at radius 3 is 2.58 bits per heavy atom. The lowest BCUT2D eigenvalue weighted by Gasteiger charge is -2.33. The summed E-state index contributed by atoms with van der Waals surface area (Å²) < 4.78 is 5.91. The van der Waals surface area contributed by atoms with E-state index in [0.29, 0.717) is 29.9 Å². The molecule has 2 atom stereocenters. The Labute approximate surface area is 158 Å². The fourth-order valence-corrected chi connectivity index (χ4v) is 4.15. The number of rotatable bonds is 3. The molecule has 0 spiro atoms. The van der Waals surface area contributed by atoms with Gasteiger partial charge in [0.15, 0.2) is 5.78 Å². The van der Waals surface area contributed by atoms with Gasteiger partial charge in [0.05, 0.1) is 5.57 Å². The van der Waals surface area contributed by atoms with Gasteiger partial charge < -0.3 is 9.84 Å². The minimum absolute atomic E-state index is 0.0927. The van der Waals surface area contributed by atoms with Crippen molar-refractivity contribution in [3.05, 3.63) is 64.4 Å². The minimum Gasteiger partial charge on any atom is -0.508 e. The molecule has 2 aliphatic heterocycles. The molecule has 1 saturated heterocycles. The van der Waals surface area contributed by atoms with Crippen molar-refractivity contribution in [2.75, 3.05) is 0 Å². The number of halogens is 1. The van der Waals surface area contributed by atoms with Crippen LogP contribution in [-0.2, 0) is 9.53 Å². The Morgan fingerprint density at radius 1 is 1.19 bits per heavy atom. The smallest absolute Gasteiger partial charge is 0.195 e. The number of ketones is 1. The number of benzene rings is 2. The van der Waals surface area contributed by atoms with Crippen molar-refractivity contribution in [3.8, 4) is 11.1 Å². The predicted molar refractivity (Wildman–Crippen MR) is 103 cm³/mol. The maximum Gasteiger partial charge on any atom is 0.195 e. The lowest BCUT2D eigenvalue weighted by atomic mass is 9.86. The Hall–Kier alpha value is -2.10. The van der Waals surface area contributed by atoms with Crippen molar-refractivity contribution < 1.29 is 14.6 Å². The molecule has 2 aliphatic rings. The lowest BCUT2D eigenvalue weighted by molar-refractivity contribution is -0.132. The molecule has 0 aliphatic carbocycles. The van der Waals surface area contributed by atoms with E-state index in [1.54, 1.807) is 0 Å². The van der Waals surface area contributed by atoms with Crippen LogP contribution in [0.5, 0.6) is 0 Å². The van der Waals surface area contributed by atoms with Crippen LogP contribution < -0.4 is 0 Å². The molecule has 0 amide bonds. The molecule has 1 N–H and O–H groups in total. The summed E-state index contributed by atoms with van der Waals surface area (Å²) in [6.07, 6.45) is 1.56. The van der Waals surface area contributed by atoms with E-state index >= 15 is 0 Å². The highest BCUT2D eigenvalue weighted by Gasteiger charge is 2.52. The number of hydrogen-bond acceptors (Lipinski definition) is 3. The van der Waals surface area contributed by atoms with Crippen LogP contribution in [0.25, 0.3) is 16.7 Å². The monoisotopic (exact) mass is 368 g/mol. The third-order valence-electron chi connectivity index (χ3n) is 5.64. The van der Waals surface area contributed by atoms with Crippen LogP contribution in [0.3, 0.4) is 0 Å². The molecule has 2 bridgehead atoms. The largest absolute Gasteiger partial charge is 0.508 e. The maximum atomic E-state index is 12.9. The molecule has 0 aromatic heterocycles. The summed E-state index contributed by atoms with van der Waals surface area (Å²) in [4.78, 5) is 12.9. The van der Waals surface area contributed by atoms with Gasteiger partial charge >= 0.3 is 0 Å². The summed E-state index contributed by atoms with van der Waals surface area (Å²) in [5, 5.41) is 11.7. The van der Waals surface area contributed by atoms with Gasteiger partial charge in [-0.3, -0.25) is 4.79 Å². The average Bonchev–Trinajstić information content (AvgIpc) is 3.06. The molecule has 0 unspecified atom stereocenters. The van der Waals surface area contributed by atoms with Gasteiger partial charge in [-0.15, -0.1) is 0 Å². The molecule has 0 radical (unpaired) electrons. The first-order valence-corrected chi connectivity index (χ1v) is 9.36. The van der Waals surface area contributed by atoms with Crippen LogP contribution in [0.4, 0.5) is 0 Å². The van der Waals surface area contributed by atoms with Gasteiger partial charge in [0.1, 0.15) is 17.5 Å². The number of Topliss-reactive ketones (excluding diaryl/α,β-unsaturated/α-hetero) is 1. The normalized spacial score (nSPS) is 25.0. The van der Waals surface area contributed by atoms with Crippen molar-refractivity contribution in [1.82, 2.24) is 0 Å². The Balaban J connectivity index is 1.87. The third-order valence-corrected chi connectivity index (χ3v) is 5.89. The van der Waals surface area contributed by atoms with Gasteiger partial charge in [-0.05, 0) is 66.6 Å². The van der Waals surface area contributed by atoms with Crippen molar-refractivity contribution in [2.45, 2.75) is 44.8 Å². The number of aliphatic hydroxyl groups excluding tert-OH is 1. The van der Waals surface area contributed by atoms with Crippen LogP contribution in [0, 0.1) is 6.92 Å². The van der Waals surface area contributed by atoms with Gasteiger partial charge in [0.25, 0.3) is 0 Å². The van der Waals surface area contributed by atoms with E-state index in [-0.39, 0.29) is 11.5 Å². The van der Waals surface area contributed by atoms with Crippen molar-refractivity contribution >= 4 is 23.0 Å². The van der Waals surface area contributed by atoms with Gasteiger partial charge in [0.2, 0.25) is 0 Å². The highest BCUT2D eigenvalue weighted by Crippen LogP contribution is 2.47. The summed E-state index contributed by atoms with van der Waals surface area (Å²) in [6.45, 7) is 3.95. The third kappa shape index (κ3) is 2.58. The zero-order chi connectivity index (χ0) is 18.5. The first kappa shape index (κ1) is 17.3. The van der Waals surface area contributed by atoms with E-state index in [4.69, 9.17) is 16.3 Å². The van der Waals surface area contributed by atoms with Crippen molar-refractivity contribution in [2.24, 2.45) is 0 Å². The summed E-state index contributed by atoms with van der Waals surface area (Å²) in [5.41, 5.74) is 3.46. The average molecular weight is 369 g/mol. The van der Waals surface area contributed by atoms with Crippen molar-refractivity contribution in [3.63, 3.8) is 0 Å². The SMILES string of the molecule is CC[C@]12CC[C@H](O1)C(=O)C(c1cc(-c3ccc(Cl)cc3)ccc1C)=C2O. The van der Waals surface area contributed by atoms with E-state index < -0.39 is 11.7 Å². The second-order valence-corrected chi connectivity index (χ2v) is 7.55. The van der Waals surface area contributed by atoms with Crippen LogP contribution in [0.2, 0.25) is 5.02 Å². The first-order valence-electron chi connectivity index (χ1n) is 8.98. The lowest BCUT2D eigenvalue weighted by Crippen LogP contribution is -2.39. The highest BCUT2D eigenvalue weighted by atomic mass is 35.5. The first-order chi connectivity index (χ1) is 12.4. The number of aliphatic hydroxyl groups is 1. The zero-order valence-corrected chi connectivity index (χ0v) is 15.6. The van der Waals surface area contributed by atoms with Crippen LogP contribution in [-0.4, -0.2) is 22.6 Å². The molecule has 134 valence electrons. The molecule has 4 rings (SSSR count). The second kappa shape index (κ2) is 6.26. The summed E-state index contributed by atoms with van der Waals surface area (Å²) >= 11 is 5.99. The van der Waals surface area contributed by atoms with Crippen LogP contribution in [0.15, 0.2) is 48.2 Å². The van der Waals surface area contributed by atoms with E-state index in [1.807, 2.05) is 56.3 Å². The fraction of sp³-hybridized carbons (Fsp3) is 0.318. The zero-order valence-electron chi connectivity index (χ0n) is 14.9. The molecule has 2 heterocycles. The molecule has 2 aromatic carbocycles. The number of fused-ring (bicyclic) bond motifs is 2. The quantitative estimate of drug-likeness (QED) is 0.778. The number of carbonyl (C=O) groups is 1. The number of hydrogen-bond donors (Lipinski definition) is 1. The van der Waals surface area contributed by atoms with E-state index in [9.17, 15) is 9.90 Å². The molecule has 26 heavy (non-hydrogen) atoms. The molecular formula is C22H21ClO3. The maximum absolute atomic E-state index is 12.9. The van der Waals surface area contributed by atoms with Crippen molar-refractivity contribution in [1.29, 1.82) is 0 Å². The summed E-state index contributed by atoms with van der Waals surface area (Å²) in [7, 11) is 0.